The van der Waals surface area contributed by atoms with Crippen LogP contribution in [-0.4, -0.2) is 16.8 Å². The van der Waals surface area contributed by atoms with Gasteiger partial charge in [-0.2, -0.15) is 0 Å². The fourth-order valence-corrected chi connectivity index (χ4v) is 4.38. The molecule has 0 saturated heterocycles. The van der Waals surface area contributed by atoms with Crippen molar-refractivity contribution in [3.8, 4) is 0 Å². The highest BCUT2D eigenvalue weighted by molar-refractivity contribution is 8.00. The Morgan fingerprint density at radius 2 is 1.18 bits per heavy atom. The molecule has 0 radical (unpaired) electrons. The molecule has 0 saturated carbocycles. The molecule has 0 aliphatic rings. The van der Waals surface area contributed by atoms with Gasteiger partial charge in [-0.25, -0.2) is 5.48 Å². The Labute approximate surface area is 198 Å². The van der Waals surface area contributed by atoms with Gasteiger partial charge in [0.1, 0.15) is 0 Å². The van der Waals surface area contributed by atoms with Crippen LogP contribution in [0.15, 0.2) is 120 Å². The number of rotatable bonds is 9. The average Bonchev–Trinajstić information content (AvgIpc) is 2.90. The van der Waals surface area contributed by atoms with E-state index in [4.69, 9.17) is 4.84 Å². The van der Waals surface area contributed by atoms with E-state index < -0.39 is 5.60 Å². The van der Waals surface area contributed by atoms with E-state index in [1.165, 1.54) is 11.8 Å². The van der Waals surface area contributed by atoms with Crippen molar-refractivity contribution in [3.05, 3.63) is 138 Å². The van der Waals surface area contributed by atoms with Gasteiger partial charge in [-0.15, -0.1) is 11.8 Å². The second-order valence-corrected chi connectivity index (χ2v) is 8.55. The first-order valence-corrected chi connectivity index (χ1v) is 11.7. The van der Waals surface area contributed by atoms with Gasteiger partial charge in [-0.3, -0.25) is 9.63 Å². The number of amides is 1. The highest BCUT2D eigenvalue weighted by Crippen LogP contribution is 2.39. The number of carbonyl (C=O) groups is 1. The Morgan fingerprint density at radius 3 is 1.61 bits per heavy atom. The van der Waals surface area contributed by atoms with E-state index >= 15 is 0 Å². The maximum atomic E-state index is 12.8. The fraction of sp³-hybridized carbons (Fsp3) is 0.107. The summed E-state index contributed by atoms with van der Waals surface area (Å²) in [7, 11) is 0. The summed E-state index contributed by atoms with van der Waals surface area (Å²) in [5.41, 5.74) is 5.28. The van der Waals surface area contributed by atoms with Gasteiger partial charge in [0.25, 0.3) is 5.91 Å². The normalized spacial score (nSPS) is 11.2. The lowest BCUT2D eigenvalue weighted by Crippen LogP contribution is -2.41. The third-order valence-corrected chi connectivity index (χ3v) is 6.35. The summed E-state index contributed by atoms with van der Waals surface area (Å²) in [5, 5.41) is 9.19. The van der Waals surface area contributed by atoms with Gasteiger partial charge in [0, 0.05) is 4.90 Å². The van der Waals surface area contributed by atoms with Crippen LogP contribution < -0.4 is 5.48 Å². The Hall–Kier alpha value is -3.38. The number of aliphatic hydroxyl groups is 1. The number of carbonyl (C=O) groups excluding carboxylic acids is 1. The van der Waals surface area contributed by atoms with Crippen LogP contribution in [0, 0.1) is 0 Å². The minimum Gasteiger partial charge on any atom is -0.392 e. The summed E-state index contributed by atoms with van der Waals surface area (Å²) in [5.74, 6) is -0.0363. The molecule has 2 N–H and O–H groups in total. The van der Waals surface area contributed by atoms with E-state index in [9.17, 15) is 9.90 Å². The molecule has 0 fully saturated rings. The van der Waals surface area contributed by atoms with E-state index in [-0.39, 0.29) is 18.3 Å². The molecule has 5 heteroatoms. The number of nitrogens with one attached hydrogen (secondary N) is 1. The Bertz CT molecular complexity index is 1050. The van der Waals surface area contributed by atoms with E-state index in [0.717, 1.165) is 27.1 Å². The maximum Gasteiger partial charge on any atom is 0.253 e. The first-order valence-electron chi connectivity index (χ1n) is 10.7. The number of hydrogen-bond donors (Lipinski definition) is 2. The lowest BCUT2D eigenvalue weighted by Gasteiger charge is -2.35. The molecule has 0 aromatic heterocycles. The Morgan fingerprint density at radius 1 is 0.727 bits per heavy atom. The van der Waals surface area contributed by atoms with Crippen LogP contribution in [-0.2, 0) is 21.8 Å². The van der Waals surface area contributed by atoms with Crippen molar-refractivity contribution in [2.24, 2.45) is 0 Å². The van der Waals surface area contributed by atoms with Crippen LogP contribution in [0.2, 0.25) is 0 Å². The first-order chi connectivity index (χ1) is 16.2. The summed E-state index contributed by atoms with van der Waals surface area (Å²) in [6.07, 6.45) is 0. The molecular formula is C28H25NO3S. The van der Waals surface area contributed by atoms with Crippen LogP contribution in [0.5, 0.6) is 0 Å². The summed E-state index contributed by atoms with van der Waals surface area (Å²) in [6.45, 7) is -0.000185. The maximum absolute atomic E-state index is 12.8. The summed E-state index contributed by atoms with van der Waals surface area (Å²) in [6, 6.07) is 37.2. The van der Waals surface area contributed by atoms with Crippen molar-refractivity contribution >= 4 is 17.7 Å². The molecule has 1 amide bonds. The molecule has 4 rings (SSSR count). The summed E-state index contributed by atoms with van der Waals surface area (Å²) >= 11 is 1.41. The number of hydroxylamine groups is 1. The Kier molecular flexibility index (Phi) is 7.58. The Balaban J connectivity index is 1.60. The number of aliphatic hydroxyl groups excluding tert-OH is 1. The molecular weight excluding hydrogens is 430 g/mol. The zero-order chi connectivity index (χ0) is 22.9. The molecule has 0 spiro atoms. The van der Waals surface area contributed by atoms with Gasteiger partial charge in [0.2, 0.25) is 0 Å². The van der Waals surface area contributed by atoms with Crippen LogP contribution in [0.25, 0.3) is 0 Å². The van der Waals surface area contributed by atoms with Gasteiger partial charge in [0.05, 0.1) is 12.4 Å². The molecule has 0 bridgehead atoms. The smallest absolute Gasteiger partial charge is 0.253 e. The molecule has 166 valence electrons. The van der Waals surface area contributed by atoms with Crippen LogP contribution in [0.3, 0.4) is 0 Å². The number of benzene rings is 4. The number of hydrogen-bond acceptors (Lipinski definition) is 4. The molecule has 4 aromatic rings. The van der Waals surface area contributed by atoms with Crippen LogP contribution in [0.1, 0.15) is 22.3 Å². The molecule has 0 aliphatic heterocycles. The van der Waals surface area contributed by atoms with Gasteiger partial charge < -0.3 is 5.11 Å². The summed E-state index contributed by atoms with van der Waals surface area (Å²) < 4.78 is 0. The van der Waals surface area contributed by atoms with Gasteiger partial charge in [-0.05, 0) is 34.4 Å². The average molecular weight is 456 g/mol. The largest absolute Gasteiger partial charge is 0.392 e. The van der Waals surface area contributed by atoms with Crippen molar-refractivity contribution in [1.29, 1.82) is 0 Å². The van der Waals surface area contributed by atoms with E-state index in [0.29, 0.717) is 0 Å². The molecule has 4 nitrogen and oxygen atoms in total. The first kappa shape index (κ1) is 22.8. The predicted molar refractivity (Wildman–Crippen MR) is 132 cm³/mol. The van der Waals surface area contributed by atoms with E-state index in [2.05, 4.69) is 5.48 Å². The fourth-order valence-electron chi connectivity index (χ4n) is 3.70. The van der Waals surface area contributed by atoms with E-state index in [1.54, 1.807) is 0 Å². The molecule has 0 unspecified atom stereocenters. The van der Waals surface area contributed by atoms with Crippen molar-refractivity contribution in [3.63, 3.8) is 0 Å². The predicted octanol–water partition coefficient (Wildman–Crippen LogP) is 5.31. The lowest BCUT2D eigenvalue weighted by molar-refractivity contribution is -0.140. The van der Waals surface area contributed by atoms with Crippen molar-refractivity contribution in [1.82, 2.24) is 5.48 Å². The van der Waals surface area contributed by atoms with Gasteiger partial charge >= 0.3 is 0 Å². The molecule has 0 heterocycles. The number of thioether (sulfide) groups is 1. The minimum atomic E-state index is -1.01. The zero-order valence-corrected chi connectivity index (χ0v) is 18.9. The molecule has 33 heavy (non-hydrogen) atoms. The van der Waals surface area contributed by atoms with Gasteiger partial charge in [0.15, 0.2) is 5.60 Å². The van der Waals surface area contributed by atoms with Crippen molar-refractivity contribution < 1.29 is 14.7 Å². The second-order valence-electron chi connectivity index (χ2n) is 7.50. The second kappa shape index (κ2) is 11.0. The molecule has 0 aliphatic carbocycles. The topological polar surface area (TPSA) is 58.6 Å². The van der Waals surface area contributed by atoms with Crippen molar-refractivity contribution in [2.45, 2.75) is 17.1 Å². The third kappa shape index (κ3) is 5.34. The van der Waals surface area contributed by atoms with Gasteiger partial charge in [-0.1, -0.05) is 103 Å². The SMILES string of the molecule is O=C(CSc1ccc(CO)cc1)NOC(c1ccccc1)(c1ccccc1)c1ccccc1. The zero-order valence-electron chi connectivity index (χ0n) is 18.1. The summed E-state index contributed by atoms with van der Waals surface area (Å²) in [4.78, 5) is 20.1. The minimum absolute atomic E-state index is 0.000185. The third-order valence-electron chi connectivity index (χ3n) is 5.33. The lowest BCUT2D eigenvalue weighted by atomic mass is 9.80. The molecule has 0 atom stereocenters. The molecule has 4 aromatic carbocycles. The van der Waals surface area contributed by atoms with Crippen LogP contribution in [0.4, 0.5) is 0 Å². The quantitative estimate of drug-likeness (QED) is 0.204. The van der Waals surface area contributed by atoms with Crippen molar-refractivity contribution in [2.75, 3.05) is 5.75 Å². The highest BCUT2D eigenvalue weighted by Gasteiger charge is 2.39. The van der Waals surface area contributed by atoms with E-state index in [1.807, 2.05) is 115 Å². The standard InChI is InChI=1S/C28H25NO3S/c30-20-22-16-18-26(19-17-22)33-21-27(31)29-32-28(23-10-4-1-5-11-23,24-12-6-2-7-13-24)25-14-8-3-9-15-25/h1-19,30H,20-21H2,(H,29,31). The highest BCUT2D eigenvalue weighted by atomic mass is 32.2. The van der Waals surface area contributed by atoms with Crippen LogP contribution >= 0.6 is 11.8 Å². The monoisotopic (exact) mass is 455 g/mol.